The molecular formula is C32H33ClFN5O4. The normalized spacial score (nSPS) is 14.4. The molecule has 3 aromatic carbocycles. The number of aromatic nitrogens is 2. The van der Waals surface area contributed by atoms with E-state index in [-0.39, 0.29) is 29.1 Å². The van der Waals surface area contributed by atoms with Crippen molar-refractivity contribution in [2.75, 3.05) is 32.2 Å². The van der Waals surface area contributed by atoms with Gasteiger partial charge in [0.2, 0.25) is 12.3 Å². The maximum atomic E-state index is 14.2. The van der Waals surface area contributed by atoms with E-state index in [2.05, 4.69) is 33.4 Å². The molecule has 0 fully saturated rings. The average molecular weight is 606 g/mol. The van der Waals surface area contributed by atoms with Gasteiger partial charge in [0, 0.05) is 52.8 Å². The lowest BCUT2D eigenvalue weighted by atomic mass is 10.0. The van der Waals surface area contributed by atoms with Crippen molar-refractivity contribution in [3.05, 3.63) is 94.4 Å². The first kappa shape index (κ1) is 30.2. The highest BCUT2D eigenvalue weighted by Crippen LogP contribution is 2.38. The van der Waals surface area contributed by atoms with Gasteiger partial charge in [-0.05, 0) is 47.0 Å². The number of benzene rings is 3. The standard InChI is InChI=1S/C32H33ClFN5O4/c1-37(14-13-29(41)36-20-40)30-16-35-32(38(30)2)22-9-10-23-18-39(28(19-42-3)25(23)15-22)17-21-7-11-24(12-8-21)43-31-26(33)5-4-6-27(31)34/h4-12,15-16,20,28H,13-14,17-19H2,1-3H3,(H,36,40,41). The van der Waals surface area contributed by atoms with Crippen molar-refractivity contribution >= 4 is 29.7 Å². The Hall–Kier alpha value is -4.25. The fraction of sp³-hybridized carbons (Fsp3) is 0.281. The Kier molecular flexibility index (Phi) is 9.40. The van der Waals surface area contributed by atoms with E-state index >= 15 is 0 Å². The fourth-order valence-corrected chi connectivity index (χ4v) is 5.58. The van der Waals surface area contributed by atoms with E-state index in [0.29, 0.717) is 31.9 Å². The molecule has 0 saturated carbocycles. The van der Waals surface area contributed by atoms with Crippen molar-refractivity contribution < 1.29 is 23.5 Å². The zero-order valence-electron chi connectivity index (χ0n) is 24.2. The number of amides is 2. The molecule has 5 rings (SSSR count). The van der Waals surface area contributed by atoms with Gasteiger partial charge in [0.15, 0.2) is 11.6 Å². The van der Waals surface area contributed by atoms with E-state index in [4.69, 9.17) is 21.1 Å². The van der Waals surface area contributed by atoms with Crippen LogP contribution < -0.4 is 15.0 Å². The SMILES string of the molecule is COCC1c2cc(-c3ncc(N(C)CCC(=O)NC=O)n3C)ccc2CN1Cc1ccc(Oc2c(F)cccc2Cl)cc1. The Bertz CT molecular complexity index is 1590. The Morgan fingerprint density at radius 3 is 2.72 bits per heavy atom. The van der Waals surface area contributed by atoms with Crippen LogP contribution in [0.25, 0.3) is 11.4 Å². The summed E-state index contributed by atoms with van der Waals surface area (Å²) >= 11 is 6.11. The molecule has 0 bridgehead atoms. The molecule has 1 aliphatic rings. The number of halogens is 2. The molecule has 1 unspecified atom stereocenters. The molecule has 0 spiro atoms. The van der Waals surface area contributed by atoms with Crippen LogP contribution in [0.2, 0.25) is 5.02 Å². The highest BCUT2D eigenvalue weighted by Gasteiger charge is 2.31. The number of fused-ring (bicyclic) bond motifs is 1. The molecule has 1 atom stereocenters. The highest BCUT2D eigenvalue weighted by atomic mass is 35.5. The van der Waals surface area contributed by atoms with Crippen LogP contribution in [-0.4, -0.2) is 54.1 Å². The van der Waals surface area contributed by atoms with Gasteiger partial charge in [0.05, 0.1) is 23.9 Å². The minimum Gasteiger partial charge on any atom is -0.453 e. The average Bonchev–Trinajstić information content (AvgIpc) is 3.54. The monoisotopic (exact) mass is 605 g/mol. The predicted octanol–water partition coefficient (Wildman–Crippen LogP) is 5.47. The quantitative estimate of drug-likeness (QED) is 0.214. The third-order valence-corrected chi connectivity index (χ3v) is 7.90. The number of anilines is 1. The van der Waals surface area contributed by atoms with Gasteiger partial charge in [-0.2, -0.15) is 0 Å². The van der Waals surface area contributed by atoms with Crippen LogP contribution in [0.1, 0.15) is 29.2 Å². The van der Waals surface area contributed by atoms with Crippen LogP contribution in [0.5, 0.6) is 11.5 Å². The van der Waals surface area contributed by atoms with Crippen LogP contribution in [0.3, 0.4) is 0 Å². The zero-order chi connectivity index (χ0) is 30.5. The molecule has 1 aliphatic heterocycles. The second-order valence-electron chi connectivity index (χ2n) is 10.4. The van der Waals surface area contributed by atoms with Crippen molar-refractivity contribution in [1.82, 2.24) is 19.8 Å². The smallest absolute Gasteiger partial charge is 0.228 e. The third-order valence-electron chi connectivity index (χ3n) is 7.60. The van der Waals surface area contributed by atoms with Crippen molar-refractivity contribution in [1.29, 1.82) is 0 Å². The van der Waals surface area contributed by atoms with E-state index < -0.39 is 5.82 Å². The first-order valence-corrected chi connectivity index (χ1v) is 14.2. The van der Waals surface area contributed by atoms with Gasteiger partial charge in [-0.1, -0.05) is 41.9 Å². The van der Waals surface area contributed by atoms with Crippen molar-refractivity contribution in [2.24, 2.45) is 7.05 Å². The van der Waals surface area contributed by atoms with Crippen LogP contribution in [0.4, 0.5) is 10.2 Å². The lowest BCUT2D eigenvalue weighted by Gasteiger charge is -2.25. The van der Waals surface area contributed by atoms with Gasteiger partial charge in [-0.15, -0.1) is 0 Å². The topological polar surface area (TPSA) is 88.9 Å². The Labute approximate surface area is 254 Å². The number of para-hydroxylation sites is 1. The summed E-state index contributed by atoms with van der Waals surface area (Å²) in [4.78, 5) is 31.2. The summed E-state index contributed by atoms with van der Waals surface area (Å²) < 4.78 is 27.5. The largest absolute Gasteiger partial charge is 0.453 e. The number of hydrogen-bond donors (Lipinski definition) is 1. The van der Waals surface area contributed by atoms with E-state index in [1.165, 1.54) is 23.3 Å². The maximum absolute atomic E-state index is 14.2. The first-order valence-electron chi connectivity index (χ1n) is 13.8. The van der Waals surface area contributed by atoms with E-state index in [0.717, 1.165) is 29.3 Å². The number of carbonyl (C=O) groups excluding carboxylic acids is 2. The maximum Gasteiger partial charge on any atom is 0.228 e. The van der Waals surface area contributed by atoms with Crippen molar-refractivity contribution in [2.45, 2.75) is 25.6 Å². The molecule has 9 nitrogen and oxygen atoms in total. The van der Waals surface area contributed by atoms with E-state index in [9.17, 15) is 14.0 Å². The molecule has 224 valence electrons. The molecular weight excluding hydrogens is 573 g/mol. The number of imide groups is 1. The first-order chi connectivity index (χ1) is 20.8. The number of nitrogens with one attached hydrogen (secondary N) is 1. The Morgan fingerprint density at radius 1 is 1.21 bits per heavy atom. The third kappa shape index (κ3) is 6.72. The predicted molar refractivity (Wildman–Crippen MR) is 163 cm³/mol. The number of imidazole rings is 1. The highest BCUT2D eigenvalue weighted by molar-refractivity contribution is 6.32. The Balaban J connectivity index is 1.30. The minimum atomic E-state index is -0.512. The molecule has 11 heteroatoms. The number of ether oxygens (including phenoxy) is 2. The van der Waals surface area contributed by atoms with Gasteiger partial charge in [-0.25, -0.2) is 9.37 Å². The van der Waals surface area contributed by atoms with Crippen molar-refractivity contribution in [3.8, 4) is 22.9 Å². The van der Waals surface area contributed by atoms with E-state index in [1.807, 2.05) is 47.8 Å². The van der Waals surface area contributed by atoms with Crippen LogP contribution in [-0.2, 0) is 34.5 Å². The zero-order valence-corrected chi connectivity index (χ0v) is 25.0. The van der Waals surface area contributed by atoms with Crippen LogP contribution >= 0.6 is 11.6 Å². The molecule has 0 radical (unpaired) electrons. The fourth-order valence-electron chi connectivity index (χ4n) is 5.37. The van der Waals surface area contributed by atoms with Gasteiger partial charge in [0.1, 0.15) is 17.4 Å². The molecule has 0 saturated heterocycles. The number of methoxy groups -OCH3 is 1. The lowest BCUT2D eigenvalue weighted by Crippen LogP contribution is -2.28. The Morgan fingerprint density at radius 2 is 2.00 bits per heavy atom. The molecule has 4 aromatic rings. The van der Waals surface area contributed by atoms with Gasteiger partial charge in [0.25, 0.3) is 0 Å². The summed E-state index contributed by atoms with van der Waals surface area (Å²) in [6, 6.07) is 18.5. The summed E-state index contributed by atoms with van der Waals surface area (Å²) in [5, 5.41) is 2.38. The van der Waals surface area contributed by atoms with E-state index in [1.54, 1.807) is 19.4 Å². The molecule has 0 aliphatic carbocycles. The summed E-state index contributed by atoms with van der Waals surface area (Å²) in [6.07, 6.45) is 2.37. The number of rotatable bonds is 12. The summed E-state index contributed by atoms with van der Waals surface area (Å²) in [7, 11) is 5.54. The lowest BCUT2D eigenvalue weighted by molar-refractivity contribution is -0.125. The molecule has 1 aromatic heterocycles. The summed E-state index contributed by atoms with van der Waals surface area (Å²) in [5.41, 5.74) is 4.49. The number of carbonyl (C=O) groups is 2. The van der Waals surface area contributed by atoms with Gasteiger partial charge < -0.3 is 18.9 Å². The molecule has 2 amide bonds. The van der Waals surface area contributed by atoms with Crippen LogP contribution in [0, 0.1) is 5.82 Å². The van der Waals surface area contributed by atoms with Crippen molar-refractivity contribution in [3.63, 3.8) is 0 Å². The number of nitrogens with zero attached hydrogens (tertiary/aromatic N) is 4. The summed E-state index contributed by atoms with van der Waals surface area (Å²) in [5.74, 6) is 1.34. The van der Waals surface area contributed by atoms with Crippen LogP contribution in [0.15, 0.2) is 66.9 Å². The number of hydrogen-bond acceptors (Lipinski definition) is 7. The van der Waals surface area contributed by atoms with Gasteiger partial charge >= 0.3 is 0 Å². The molecule has 1 N–H and O–H groups in total. The second kappa shape index (κ2) is 13.4. The molecule has 2 heterocycles. The molecule has 43 heavy (non-hydrogen) atoms. The summed E-state index contributed by atoms with van der Waals surface area (Å²) in [6.45, 7) is 2.43. The van der Waals surface area contributed by atoms with Gasteiger partial charge in [-0.3, -0.25) is 19.8 Å². The second-order valence-corrected chi connectivity index (χ2v) is 10.8. The minimum absolute atomic E-state index is 0.0105.